The molecule has 1 aliphatic rings. The number of ether oxygens (including phenoxy) is 2. The first-order valence-corrected chi connectivity index (χ1v) is 12.7. The number of carboxylic acid groups (broad SMARTS) is 1. The third-order valence-corrected chi connectivity index (χ3v) is 8.60. The van der Waals surface area contributed by atoms with Gasteiger partial charge in [0.25, 0.3) is 0 Å². The van der Waals surface area contributed by atoms with E-state index in [1.807, 2.05) is 12.1 Å². The standard InChI is InChI=1S/C23H20F3NO6S2/c1-2-18(22(28)29)27-12-20-21(35(27,30)31)11-19(34-20)15-5-3-14(4-6-15)13-32-16-7-9-17(10-8-16)33-23(24,25)26/h3-11,18H,2,12-13H2,1H3,(H,28,29). The number of hydrogen-bond donors (Lipinski definition) is 1. The molecule has 0 saturated heterocycles. The monoisotopic (exact) mass is 527 g/mol. The molecule has 0 amide bonds. The van der Waals surface area contributed by atoms with Crippen molar-refractivity contribution in [3.63, 3.8) is 0 Å². The number of rotatable bonds is 8. The average Bonchev–Trinajstić information content (AvgIpc) is 3.31. The molecule has 1 unspecified atom stereocenters. The highest BCUT2D eigenvalue weighted by Gasteiger charge is 2.43. The molecule has 0 spiro atoms. The Kier molecular flexibility index (Phi) is 6.80. The van der Waals surface area contributed by atoms with Gasteiger partial charge in [-0.25, -0.2) is 8.42 Å². The second kappa shape index (κ2) is 9.51. The molecule has 0 saturated carbocycles. The average molecular weight is 528 g/mol. The zero-order valence-electron chi connectivity index (χ0n) is 18.3. The summed E-state index contributed by atoms with van der Waals surface area (Å²) in [5, 5.41) is 9.35. The Hall–Kier alpha value is -3.09. The van der Waals surface area contributed by atoms with Gasteiger partial charge in [-0.1, -0.05) is 31.2 Å². The molecule has 2 heterocycles. The predicted molar refractivity (Wildman–Crippen MR) is 122 cm³/mol. The molecule has 12 heteroatoms. The van der Waals surface area contributed by atoms with Crippen molar-refractivity contribution in [2.45, 2.75) is 43.8 Å². The molecule has 1 aliphatic heterocycles. The molecule has 1 aromatic heterocycles. The quantitative estimate of drug-likeness (QED) is 0.430. The molecular weight excluding hydrogens is 507 g/mol. The van der Waals surface area contributed by atoms with Gasteiger partial charge in [0, 0.05) is 9.75 Å². The Morgan fingerprint density at radius 3 is 2.29 bits per heavy atom. The molecule has 1 N–H and O–H groups in total. The van der Waals surface area contributed by atoms with Crippen LogP contribution in [0.15, 0.2) is 59.5 Å². The van der Waals surface area contributed by atoms with Crippen LogP contribution in [0.3, 0.4) is 0 Å². The maximum atomic E-state index is 12.9. The molecule has 4 rings (SSSR count). The highest BCUT2D eigenvalue weighted by molar-refractivity contribution is 7.89. The van der Waals surface area contributed by atoms with Gasteiger partial charge in [0.2, 0.25) is 10.0 Å². The van der Waals surface area contributed by atoms with Gasteiger partial charge in [0.15, 0.2) is 0 Å². The van der Waals surface area contributed by atoms with Crippen molar-refractivity contribution in [3.8, 4) is 21.9 Å². The molecule has 7 nitrogen and oxygen atoms in total. The Balaban J connectivity index is 1.41. The van der Waals surface area contributed by atoms with Crippen LogP contribution in [0.25, 0.3) is 10.4 Å². The van der Waals surface area contributed by atoms with E-state index in [-0.39, 0.29) is 30.2 Å². The summed E-state index contributed by atoms with van der Waals surface area (Å²) in [6.07, 6.45) is -4.59. The minimum atomic E-state index is -4.76. The van der Waals surface area contributed by atoms with Crippen LogP contribution in [0.2, 0.25) is 0 Å². The SMILES string of the molecule is CCC(C(=O)O)N1Cc2sc(-c3ccc(COc4ccc(OC(F)(F)F)cc4)cc3)cc2S1(=O)=O. The van der Waals surface area contributed by atoms with Crippen molar-refractivity contribution in [2.24, 2.45) is 0 Å². The van der Waals surface area contributed by atoms with Gasteiger partial charge in [-0.2, -0.15) is 4.31 Å². The Labute approximate surface area is 203 Å². The molecule has 1 atom stereocenters. The van der Waals surface area contributed by atoms with E-state index in [1.54, 1.807) is 25.1 Å². The first kappa shape index (κ1) is 25.0. The van der Waals surface area contributed by atoms with Crippen molar-refractivity contribution in [1.82, 2.24) is 4.31 Å². The van der Waals surface area contributed by atoms with Crippen LogP contribution < -0.4 is 9.47 Å². The topological polar surface area (TPSA) is 93.1 Å². The molecule has 186 valence electrons. The third kappa shape index (κ3) is 5.44. The maximum Gasteiger partial charge on any atom is 0.573 e. The molecule has 0 fully saturated rings. The van der Waals surface area contributed by atoms with Crippen LogP contribution in [0, 0.1) is 0 Å². The van der Waals surface area contributed by atoms with Crippen molar-refractivity contribution in [3.05, 3.63) is 65.0 Å². The van der Waals surface area contributed by atoms with Crippen molar-refractivity contribution < 1.29 is 41.0 Å². The summed E-state index contributed by atoms with van der Waals surface area (Å²) in [6, 6.07) is 12.8. The normalized spacial score (nSPS) is 16.0. The minimum Gasteiger partial charge on any atom is -0.489 e. The third-order valence-electron chi connectivity index (χ3n) is 5.38. The summed E-state index contributed by atoms with van der Waals surface area (Å²) in [5.74, 6) is -1.13. The molecule has 0 bridgehead atoms. The molecule has 0 aliphatic carbocycles. The van der Waals surface area contributed by atoms with Crippen LogP contribution in [-0.4, -0.2) is 36.2 Å². The summed E-state index contributed by atoms with van der Waals surface area (Å²) in [5.41, 5.74) is 1.60. The zero-order valence-corrected chi connectivity index (χ0v) is 19.9. The summed E-state index contributed by atoms with van der Waals surface area (Å²) >= 11 is 1.31. The van der Waals surface area contributed by atoms with E-state index in [9.17, 15) is 31.5 Å². The van der Waals surface area contributed by atoms with E-state index >= 15 is 0 Å². The first-order chi connectivity index (χ1) is 16.5. The summed E-state index contributed by atoms with van der Waals surface area (Å²) < 4.78 is 72.9. The number of sulfonamides is 1. The summed E-state index contributed by atoms with van der Waals surface area (Å²) in [7, 11) is -3.88. The maximum absolute atomic E-state index is 12.9. The number of halogens is 3. The van der Waals surface area contributed by atoms with Crippen LogP contribution in [-0.2, 0) is 28.0 Å². The number of aliphatic carboxylic acids is 1. The summed E-state index contributed by atoms with van der Waals surface area (Å²) in [4.78, 5) is 12.9. The van der Waals surface area contributed by atoms with Gasteiger partial charge in [-0.3, -0.25) is 4.79 Å². The van der Waals surface area contributed by atoms with Crippen molar-refractivity contribution in [1.29, 1.82) is 0 Å². The fourth-order valence-electron chi connectivity index (χ4n) is 3.68. The molecular formula is C23H20F3NO6S2. The zero-order chi connectivity index (χ0) is 25.4. The lowest BCUT2D eigenvalue weighted by molar-refractivity contribution is -0.274. The number of nitrogens with zero attached hydrogens (tertiary/aromatic N) is 1. The van der Waals surface area contributed by atoms with Crippen molar-refractivity contribution in [2.75, 3.05) is 0 Å². The van der Waals surface area contributed by atoms with E-state index in [0.717, 1.165) is 32.4 Å². The minimum absolute atomic E-state index is 0.0336. The van der Waals surface area contributed by atoms with Gasteiger partial charge < -0.3 is 14.6 Å². The van der Waals surface area contributed by atoms with Crippen LogP contribution >= 0.6 is 11.3 Å². The highest BCUT2D eigenvalue weighted by Crippen LogP contribution is 2.42. The lowest BCUT2D eigenvalue weighted by atomic mass is 10.1. The number of fused-ring (bicyclic) bond motifs is 1. The first-order valence-electron chi connectivity index (χ1n) is 10.4. The lowest BCUT2D eigenvalue weighted by Crippen LogP contribution is -2.40. The van der Waals surface area contributed by atoms with Gasteiger partial charge in [-0.15, -0.1) is 24.5 Å². The molecule has 35 heavy (non-hydrogen) atoms. The van der Waals surface area contributed by atoms with E-state index in [4.69, 9.17) is 4.74 Å². The predicted octanol–water partition coefficient (Wildman–Crippen LogP) is 5.26. The number of thiophene rings is 1. The largest absolute Gasteiger partial charge is 0.573 e. The number of alkyl halides is 3. The number of carboxylic acids is 1. The molecule has 3 aromatic rings. The molecule has 2 aromatic carbocycles. The Morgan fingerprint density at radius 1 is 1.11 bits per heavy atom. The van der Waals surface area contributed by atoms with Gasteiger partial charge in [0.05, 0.1) is 11.4 Å². The van der Waals surface area contributed by atoms with Crippen LogP contribution in [0.5, 0.6) is 11.5 Å². The highest BCUT2D eigenvalue weighted by atomic mass is 32.2. The fourth-order valence-corrected chi connectivity index (χ4v) is 7.09. The Bertz CT molecular complexity index is 1320. The van der Waals surface area contributed by atoms with E-state index in [2.05, 4.69) is 4.74 Å². The fraction of sp³-hybridized carbons (Fsp3) is 0.261. The van der Waals surface area contributed by atoms with E-state index in [1.165, 1.54) is 23.5 Å². The summed E-state index contributed by atoms with van der Waals surface area (Å²) in [6.45, 7) is 1.85. The van der Waals surface area contributed by atoms with Crippen LogP contribution in [0.4, 0.5) is 13.2 Å². The number of hydrogen-bond acceptors (Lipinski definition) is 6. The number of carbonyl (C=O) groups is 1. The van der Waals surface area contributed by atoms with Crippen molar-refractivity contribution >= 4 is 27.3 Å². The lowest BCUT2D eigenvalue weighted by Gasteiger charge is -2.21. The van der Waals surface area contributed by atoms with Gasteiger partial charge >= 0.3 is 12.3 Å². The number of benzene rings is 2. The van der Waals surface area contributed by atoms with Crippen LogP contribution in [0.1, 0.15) is 23.8 Å². The van der Waals surface area contributed by atoms with E-state index < -0.39 is 28.4 Å². The second-order valence-corrected chi connectivity index (χ2v) is 10.7. The van der Waals surface area contributed by atoms with Gasteiger partial charge in [-0.05, 0) is 47.9 Å². The Morgan fingerprint density at radius 2 is 1.74 bits per heavy atom. The van der Waals surface area contributed by atoms with E-state index in [0.29, 0.717) is 10.6 Å². The second-order valence-electron chi connectivity index (χ2n) is 7.72. The smallest absolute Gasteiger partial charge is 0.489 e. The molecule has 0 radical (unpaired) electrons. The van der Waals surface area contributed by atoms with Gasteiger partial charge in [0.1, 0.15) is 24.1 Å².